The number of amides is 1. The van der Waals surface area contributed by atoms with Crippen LogP contribution in [0.4, 0.5) is 5.69 Å². The summed E-state index contributed by atoms with van der Waals surface area (Å²) in [6.45, 7) is 5.31. The highest BCUT2D eigenvalue weighted by Gasteiger charge is 2.17. The van der Waals surface area contributed by atoms with Crippen molar-refractivity contribution in [3.63, 3.8) is 0 Å². The molecule has 130 valence electrons. The van der Waals surface area contributed by atoms with Gasteiger partial charge < -0.3 is 20.3 Å². The summed E-state index contributed by atoms with van der Waals surface area (Å²) in [4.78, 5) is 14.5. The monoisotopic (exact) mass is 361 g/mol. The van der Waals surface area contributed by atoms with Crippen LogP contribution < -0.4 is 15.5 Å². The molecule has 2 aliphatic rings. The molecule has 0 bridgehead atoms. The standard InChI is InChI=1S/C16H23N3O2.2ClH/c20-16(18-14-2-1-7-17-12-14)13-3-5-15(6-4-13)19-8-10-21-11-9-19;;/h3-6,14,17H,1-2,7-12H2,(H,18,20);2*1H/t14-;;/m0../s1. The number of halogens is 2. The molecule has 0 saturated carbocycles. The topological polar surface area (TPSA) is 53.6 Å². The van der Waals surface area contributed by atoms with Crippen molar-refractivity contribution in [3.05, 3.63) is 29.8 Å². The summed E-state index contributed by atoms with van der Waals surface area (Å²) in [5, 5.41) is 6.41. The van der Waals surface area contributed by atoms with Crippen LogP contribution in [0.1, 0.15) is 23.2 Å². The van der Waals surface area contributed by atoms with Gasteiger partial charge in [-0.3, -0.25) is 4.79 Å². The Balaban J connectivity index is 0.00000132. The summed E-state index contributed by atoms with van der Waals surface area (Å²) in [5.41, 5.74) is 1.90. The van der Waals surface area contributed by atoms with Crippen LogP contribution in [0.15, 0.2) is 24.3 Å². The summed E-state index contributed by atoms with van der Waals surface area (Å²) in [7, 11) is 0. The number of benzene rings is 1. The van der Waals surface area contributed by atoms with E-state index in [0.717, 1.165) is 63.5 Å². The van der Waals surface area contributed by atoms with Crippen LogP contribution in [0.2, 0.25) is 0 Å². The molecule has 5 nitrogen and oxygen atoms in total. The third kappa shape index (κ3) is 5.53. The molecule has 2 fully saturated rings. The van der Waals surface area contributed by atoms with Crippen LogP contribution in [-0.2, 0) is 4.74 Å². The molecule has 0 unspecified atom stereocenters. The molecule has 3 rings (SSSR count). The first-order valence-electron chi connectivity index (χ1n) is 7.77. The summed E-state index contributed by atoms with van der Waals surface area (Å²) >= 11 is 0. The molecule has 1 atom stereocenters. The van der Waals surface area contributed by atoms with Crippen LogP contribution in [0.25, 0.3) is 0 Å². The molecular formula is C16H25Cl2N3O2. The fraction of sp³-hybridized carbons (Fsp3) is 0.562. The predicted octanol–water partition coefficient (Wildman–Crippen LogP) is 1.85. The number of nitrogens with zero attached hydrogens (tertiary/aromatic N) is 1. The number of carbonyl (C=O) groups is 1. The largest absolute Gasteiger partial charge is 0.378 e. The lowest BCUT2D eigenvalue weighted by Gasteiger charge is -2.29. The maximum Gasteiger partial charge on any atom is 0.251 e. The first kappa shape index (κ1) is 20.0. The zero-order valence-corrected chi connectivity index (χ0v) is 14.8. The second kappa shape index (κ2) is 9.98. The number of piperidine rings is 1. The molecule has 2 N–H and O–H groups in total. The zero-order valence-electron chi connectivity index (χ0n) is 13.1. The van der Waals surface area contributed by atoms with Gasteiger partial charge in [-0.25, -0.2) is 0 Å². The van der Waals surface area contributed by atoms with Gasteiger partial charge in [0.2, 0.25) is 0 Å². The Bertz CT molecular complexity index is 473. The summed E-state index contributed by atoms with van der Waals surface area (Å²) in [6.07, 6.45) is 2.19. The van der Waals surface area contributed by atoms with Crippen molar-refractivity contribution in [2.75, 3.05) is 44.3 Å². The lowest BCUT2D eigenvalue weighted by molar-refractivity contribution is 0.0930. The minimum atomic E-state index is 0. The third-order valence-corrected chi connectivity index (χ3v) is 4.14. The SMILES string of the molecule is Cl.Cl.O=C(N[C@H]1CCCNC1)c1ccc(N2CCOCC2)cc1. The van der Waals surface area contributed by atoms with E-state index in [9.17, 15) is 4.79 Å². The van der Waals surface area contributed by atoms with Crippen molar-refractivity contribution in [2.24, 2.45) is 0 Å². The lowest BCUT2D eigenvalue weighted by Crippen LogP contribution is -2.45. The smallest absolute Gasteiger partial charge is 0.251 e. The van der Waals surface area contributed by atoms with Gasteiger partial charge >= 0.3 is 0 Å². The van der Waals surface area contributed by atoms with Crippen molar-refractivity contribution in [1.82, 2.24) is 10.6 Å². The van der Waals surface area contributed by atoms with E-state index in [-0.39, 0.29) is 36.8 Å². The van der Waals surface area contributed by atoms with Gasteiger partial charge in [0, 0.05) is 36.9 Å². The van der Waals surface area contributed by atoms with Crippen molar-refractivity contribution in [2.45, 2.75) is 18.9 Å². The van der Waals surface area contributed by atoms with Crippen molar-refractivity contribution >= 4 is 36.4 Å². The van der Waals surface area contributed by atoms with E-state index in [0.29, 0.717) is 0 Å². The van der Waals surface area contributed by atoms with E-state index in [1.807, 2.05) is 24.3 Å². The first-order chi connectivity index (χ1) is 10.3. The molecule has 0 aliphatic carbocycles. The van der Waals surface area contributed by atoms with Gasteiger partial charge in [-0.2, -0.15) is 0 Å². The fourth-order valence-electron chi connectivity index (χ4n) is 2.89. The number of ether oxygens (including phenoxy) is 1. The molecule has 2 heterocycles. The van der Waals surface area contributed by atoms with E-state index >= 15 is 0 Å². The summed E-state index contributed by atoms with van der Waals surface area (Å²) in [6, 6.07) is 8.14. The Morgan fingerprint density at radius 1 is 1.17 bits per heavy atom. The molecule has 1 aromatic carbocycles. The maximum absolute atomic E-state index is 12.2. The summed E-state index contributed by atoms with van der Waals surface area (Å²) in [5.74, 6) is 0.0252. The van der Waals surface area contributed by atoms with E-state index in [1.54, 1.807) is 0 Å². The number of nitrogens with one attached hydrogen (secondary N) is 2. The number of hydrogen-bond donors (Lipinski definition) is 2. The molecule has 1 amide bonds. The Morgan fingerprint density at radius 2 is 1.87 bits per heavy atom. The Labute approximate surface area is 150 Å². The molecule has 0 radical (unpaired) electrons. The number of morpholine rings is 1. The van der Waals surface area contributed by atoms with E-state index in [1.165, 1.54) is 0 Å². The first-order valence-corrected chi connectivity index (χ1v) is 7.77. The van der Waals surface area contributed by atoms with Crippen molar-refractivity contribution in [1.29, 1.82) is 0 Å². The number of rotatable bonds is 3. The number of anilines is 1. The van der Waals surface area contributed by atoms with Gasteiger partial charge in [0.1, 0.15) is 0 Å². The second-order valence-corrected chi connectivity index (χ2v) is 5.66. The van der Waals surface area contributed by atoms with Gasteiger partial charge in [0.25, 0.3) is 5.91 Å². The molecule has 0 spiro atoms. The molecule has 2 aliphatic heterocycles. The van der Waals surface area contributed by atoms with Crippen molar-refractivity contribution in [3.8, 4) is 0 Å². The molecule has 2 saturated heterocycles. The van der Waals surface area contributed by atoms with Gasteiger partial charge in [-0.1, -0.05) is 0 Å². The quantitative estimate of drug-likeness (QED) is 0.862. The second-order valence-electron chi connectivity index (χ2n) is 5.66. The lowest BCUT2D eigenvalue weighted by atomic mass is 10.1. The average molecular weight is 362 g/mol. The molecule has 23 heavy (non-hydrogen) atoms. The Morgan fingerprint density at radius 3 is 2.48 bits per heavy atom. The van der Waals surface area contributed by atoms with Crippen LogP contribution in [0.3, 0.4) is 0 Å². The van der Waals surface area contributed by atoms with Gasteiger partial charge in [-0.05, 0) is 43.7 Å². The highest BCUT2D eigenvalue weighted by molar-refractivity contribution is 5.94. The molecule has 7 heteroatoms. The minimum absolute atomic E-state index is 0. The average Bonchev–Trinajstić information content (AvgIpc) is 2.57. The predicted molar refractivity (Wildman–Crippen MR) is 97.3 cm³/mol. The highest BCUT2D eigenvalue weighted by Crippen LogP contribution is 2.17. The van der Waals surface area contributed by atoms with E-state index < -0.39 is 0 Å². The fourth-order valence-corrected chi connectivity index (χ4v) is 2.89. The van der Waals surface area contributed by atoms with Crippen LogP contribution in [0, 0.1) is 0 Å². The normalized spacial score (nSPS) is 20.9. The maximum atomic E-state index is 12.2. The van der Waals surface area contributed by atoms with Gasteiger partial charge in [-0.15, -0.1) is 24.8 Å². The number of carbonyl (C=O) groups excluding carboxylic acids is 1. The summed E-state index contributed by atoms with van der Waals surface area (Å²) < 4.78 is 5.36. The zero-order chi connectivity index (χ0) is 14.5. The van der Waals surface area contributed by atoms with Crippen LogP contribution in [0.5, 0.6) is 0 Å². The Hall–Kier alpha value is -1.01. The minimum Gasteiger partial charge on any atom is -0.378 e. The van der Waals surface area contributed by atoms with Crippen LogP contribution in [-0.4, -0.2) is 51.3 Å². The van der Waals surface area contributed by atoms with E-state index in [4.69, 9.17) is 4.74 Å². The highest BCUT2D eigenvalue weighted by atomic mass is 35.5. The van der Waals surface area contributed by atoms with Gasteiger partial charge in [0.05, 0.1) is 13.2 Å². The molecule has 0 aromatic heterocycles. The van der Waals surface area contributed by atoms with Gasteiger partial charge in [0.15, 0.2) is 0 Å². The molecule has 1 aromatic rings. The van der Waals surface area contributed by atoms with Crippen molar-refractivity contribution < 1.29 is 9.53 Å². The third-order valence-electron chi connectivity index (χ3n) is 4.14. The number of hydrogen-bond acceptors (Lipinski definition) is 4. The Kier molecular flexibility index (Phi) is 8.69. The van der Waals surface area contributed by atoms with Crippen LogP contribution >= 0.6 is 24.8 Å². The molecular weight excluding hydrogens is 337 g/mol. The van der Waals surface area contributed by atoms with E-state index in [2.05, 4.69) is 15.5 Å².